The number of hydrogen-bond donors (Lipinski definition) is 2. The van der Waals surface area contributed by atoms with E-state index in [9.17, 15) is 4.79 Å². The molecule has 4 nitrogen and oxygen atoms in total. The lowest BCUT2D eigenvalue weighted by molar-refractivity contribution is 0.0931. The van der Waals surface area contributed by atoms with Gasteiger partial charge in [-0.05, 0) is 36.5 Å². The molecular formula is C11H15N3OS. The predicted octanol–water partition coefficient (Wildman–Crippen LogP) is 1.29. The second-order valence-electron chi connectivity index (χ2n) is 3.80. The molecule has 1 aliphatic heterocycles. The summed E-state index contributed by atoms with van der Waals surface area (Å²) in [7, 11) is 0. The van der Waals surface area contributed by atoms with E-state index in [1.165, 1.54) is 0 Å². The predicted molar refractivity (Wildman–Crippen MR) is 66.5 cm³/mol. The fourth-order valence-corrected chi connectivity index (χ4v) is 2.81. The van der Waals surface area contributed by atoms with Gasteiger partial charge in [-0.1, -0.05) is 0 Å². The van der Waals surface area contributed by atoms with Crippen molar-refractivity contribution in [2.45, 2.75) is 18.9 Å². The highest BCUT2D eigenvalue weighted by atomic mass is 32.2. The van der Waals surface area contributed by atoms with Crippen molar-refractivity contribution in [3.05, 3.63) is 24.0 Å². The molecule has 0 radical (unpaired) electrons. The Labute approximate surface area is 99.0 Å². The minimum atomic E-state index is -0.157. The number of hydrogen-bond acceptors (Lipinski definition) is 4. The molecule has 1 aromatic heterocycles. The number of aromatic nitrogens is 1. The number of carbonyl (C=O) groups is 1. The standard InChI is InChI=1S/C11H15N3OS/c12-9-2-1-5-13-10(9)11(15)14-8-3-6-16-7-4-8/h1-2,5,8H,3-4,6-7,12H2,(H,14,15). The molecule has 5 heteroatoms. The first kappa shape index (κ1) is 11.3. The first-order chi connectivity index (χ1) is 7.77. The molecule has 0 bridgehead atoms. The average molecular weight is 237 g/mol. The van der Waals surface area contributed by atoms with Crippen LogP contribution in [0.5, 0.6) is 0 Å². The monoisotopic (exact) mass is 237 g/mol. The van der Waals surface area contributed by atoms with Gasteiger partial charge in [-0.2, -0.15) is 11.8 Å². The summed E-state index contributed by atoms with van der Waals surface area (Å²) in [5, 5.41) is 2.98. The average Bonchev–Trinajstić information content (AvgIpc) is 2.31. The van der Waals surface area contributed by atoms with Crippen LogP contribution >= 0.6 is 11.8 Å². The van der Waals surface area contributed by atoms with Crippen LogP contribution in [0.1, 0.15) is 23.3 Å². The Morgan fingerprint density at radius 2 is 2.25 bits per heavy atom. The molecule has 0 saturated carbocycles. The molecule has 1 fully saturated rings. The van der Waals surface area contributed by atoms with Gasteiger partial charge in [-0.25, -0.2) is 4.98 Å². The minimum absolute atomic E-state index is 0.157. The van der Waals surface area contributed by atoms with Crippen LogP contribution in [0, 0.1) is 0 Å². The summed E-state index contributed by atoms with van der Waals surface area (Å²) in [5.41, 5.74) is 6.47. The molecule has 0 atom stereocenters. The van der Waals surface area contributed by atoms with E-state index in [1.807, 2.05) is 11.8 Å². The minimum Gasteiger partial charge on any atom is -0.397 e. The van der Waals surface area contributed by atoms with Crippen molar-refractivity contribution in [1.82, 2.24) is 10.3 Å². The van der Waals surface area contributed by atoms with Crippen molar-refractivity contribution in [2.24, 2.45) is 0 Å². The van der Waals surface area contributed by atoms with Crippen molar-refractivity contribution in [2.75, 3.05) is 17.2 Å². The number of nitrogens with zero attached hydrogens (tertiary/aromatic N) is 1. The van der Waals surface area contributed by atoms with E-state index in [0.29, 0.717) is 11.4 Å². The van der Waals surface area contributed by atoms with Crippen LogP contribution in [0.3, 0.4) is 0 Å². The molecule has 1 amide bonds. The van der Waals surface area contributed by atoms with Gasteiger partial charge in [0, 0.05) is 12.2 Å². The second-order valence-corrected chi connectivity index (χ2v) is 5.03. The van der Waals surface area contributed by atoms with E-state index in [2.05, 4.69) is 10.3 Å². The van der Waals surface area contributed by atoms with Crippen molar-refractivity contribution in [1.29, 1.82) is 0 Å². The number of nitrogen functional groups attached to an aromatic ring is 1. The van der Waals surface area contributed by atoms with Crippen LogP contribution in [-0.4, -0.2) is 28.4 Å². The van der Waals surface area contributed by atoms with Gasteiger partial charge >= 0.3 is 0 Å². The van der Waals surface area contributed by atoms with Gasteiger partial charge in [-0.3, -0.25) is 4.79 Å². The zero-order chi connectivity index (χ0) is 11.4. The topological polar surface area (TPSA) is 68.0 Å². The van der Waals surface area contributed by atoms with E-state index < -0.39 is 0 Å². The SMILES string of the molecule is Nc1cccnc1C(=O)NC1CCSCC1. The Kier molecular flexibility index (Phi) is 3.66. The summed E-state index contributed by atoms with van der Waals surface area (Å²) in [6.07, 6.45) is 3.65. The number of nitrogens with two attached hydrogens (primary N) is 1. The molecule has 0 unspecified atom stereocenters. The lowest BCUT2D eigenvalue weighted by atomic mass is 10.1. The van der Waals surface area contributed by atoms with Crippen LogP contribution in [-0.2, 0) is 0 Å². The fraction of sp³-hybridized carbons (Fsp3) is 0.455. The molecule has 16 heavy (non-hydrogen) atoms. The highest BCUT2D eigenvalue weighted by Crippen LogP contribution is 2.17. The van der Waals surface area contributed by atoms with Crippen molar-refractivity contribution in [3.8, 4) is 0 Å². The van der Waals surface area contributed by atoms with Gasteiger partial charge in [-0.15, -0.1) is 0 Å². The van der Waals surface area contributed by atoms with Gasteiger partial charge in [0.05, 0.1) is 5.69 Å². The number of carbonyl (C=O) groups excluding carboxylic acids is 1. The summed E-state index contributed by atoms with van der Waals surface area (Å²) >= 11 is 1.93. The lowest BCUT2D eigenvalue weighted by Crippen LogP contribution is -2.38. The maximum absolute atomic E-state index is 11.9. The summed E-state index contributed by atoms with van der Waals surface area (Å²) in [4.78, 5) is 15.9. The van der Waals surface area contributed by atoms with Gasteiger partial charge in [0.15, 0.2) is 5.69 Å². The Balaban J connectivity index is 2.00. The van der Waals surface area contributed by atoms with E-state index in [-0.39, 0.29) is 11.9 Å². The molecule has 1 saturated heterocycles. The highest BCUT2D eigenvalue weighted by Gasteiger charge is 2.18. The van der Waals surface area contributed by atoms with Gasteiger partial charge < -0.3 is 11.1 Å². The third-order valence-electron chi connectivity index (χ3n) is 2.61. The van der Waals surface area contributed by atoms with E-state index in [4.69, 9.17) is 5.73 Å². The van der Waals surface area contributed by atoms with Crippen LogP contribution in [0.2, 0.25) is 0 Å². The first-order valence-electron chi connectivity index (χ1n) is 5.36. The lowest BCUT2D eigenvalue weighted by Gasteiger charge is -2.22. The summed E-state index contributed by atoms with van der Waals surface area (Å²) < 4.78 is 0. The van der Waals surface area contributed by atoms with Gasteiger partial charge in [0.1, 0.15) is 0 Å². The molecule has 2 rings (SSSR count). The van der Waals surface area contributed by atoms with Crippen molar-refractivity contribution < 1.29 is 4.79 Å². The van der Waals surface area contributed by atoms with Gasteiger partial charge in [0.2, 0.25) is 0 Å². The van der Waals surface area contributed by atoms with E-state index in [1.54, 1.807) is 18.3 Å². The molecule has 0 aliphatic carbocycles. The summed E-state index contributed by atoms with van der Waals surface area (Å²) in [6, 6.07) is 3.69. The van der Waals surface area contributed by atoms with Crippen LogP contribution in [0.15, 0.2) is 18.3 Å². The molecule has 1 aliphatic rings. The third-order valence-corrected chi connectivity index (χ3v) is 3.66. The maximum atomic E-state index is 11.9. The Bertz CT molecular complexity index is 377. The van der Waals surface area contributed by atoms with Crippen LogP contribution in [0.25, 0.3) is 0 Å². The molecule has 0 aromatic carbocycles. The summed E-state index contributed by atoms with van der Waals surface area (Å²) in [5.74, 6) is 2.07. The molecule has 3 N–H and O–H groups in total. The Morgan fingerprint density at radius 3 is 2.94 bits per heavy atom. The molecule has 2 heterocycles. The largest absolute Gasteiger partial charge is 0.397 e. The van der Waals surface area contributed by atoms with Crippen molar-refractivity contribution in [3.63, 3.8) is 0 Å². The summed E-state index contributed by atoms with van der Waals surface area (Å²) in [6.45, 7) is 0. The van der Waals surface area contributed by atoms with E-state index >= 15 is 0 Å². The molecule has 0 spiro atoms. The zero-order valence-corrected chi connectivity index (χ0v) is 9.80. The quantitative estimate of drug-likeness (QED) is 0.813. The number of thioether (sulfide) groups is 1. The first-order valence-corrected chi connectivity index (χ1v) is 6.52. The van der Waals surface area contributed by atoms with Crippen molar-refractivity contribution >= 4 is 23.4 Å². The molecular weight excluding hydrogens is 222 g/mol. The third kappa shape index (κ3) is 2.66. The number of rotatable bonds is 2. The molecule has 1 aromatic rings. The second kappa shape index (κ2) is 5.21. The number of anilines is 1. The smallest absolute Gasteiger partial charge is 0.272 e. The molecule has 86 valence electrons. The highest BCUT2D eigenvalue weighted by molar-refractivity contribution is 7.99. The fourth-order valence-electron chi connectivity index (χ4n) is 1.70. The normalized spacial score (nSPS) is 17.0. The van der Waals surface area contributed by atoms with E-state index in [0.717, 1.165) is 24.3 Å². The zero-order valence-electron chi connectivity index (χ0n) is 8.98. The number of amides is 1. The number of nitrogens with one attached hydrogen (secondary N) is 1. The Morgan fingerprint density at radius 1 is 1.50 bits per heavy atom. The maximum Gasteiger partial charge on any atom is 0.272 e. The number of pyridine rings is 1. The van der Waals surface area contributed by atoms with Crippen LogP contribution < -0.4 is 11.1 Å². The van der Waals surface area contributed by atoms with Crippen LogP contribution in [0.4, 0.5) is 5.69 Å². The Hall–Kier alpha value is -1.23. The van der Waals surface area contributed by atoms with Gasteiger partial charge in [0.25, 0.3) is 5.91 Å².